The molecule has 0 heterocycles. The van der Waals surface area contributed by atoms with Crippen LogP contribution in [0.2, 0.25) is 0 Å². The maximum atomic E-state index is 10.6. The number of aliphatic hydroxyl groups is 1. The highest BCUT2D eigenvalue weighted by Crippen LogP contribution is 2.30. The molecule has 0 aromatic heterocycles. The van der Waals surface area contributed by atoms with Crippen molar-refractivity contribution in [3.05, 3.63) is 61.6 Å². The molecule has 0 saturated heterocycles. The lowest BCUT2D eigenvalue weighted by molar-refractivity contribution is 0.215. The fraction of sp³-hybridized carbons (Fsp3) is 0.250. The van der Waals surface area contributed by atoms with Crippen molar-refractivity contribution in [3.63, 3.8) is 0 Å². The molecule has 0 amide bonds. The minimum atomic E-state index is -0.657. The van der Waals surface area contributed by atoms with Crippen molar-refractivity contribution in [1.29, 1.82) is 0 Å². The van der Waals surface area contributed by atoms with Crippen LogP contribution in [0, 0.1) is 3.57 Å². The van der Waals surface area contributed by atoms with E-state index < -0.39 is 6.10 Å². The number of aliphatic hydroxyl groups excluding tert-OH is 1. The maximum Gasteiger partial charge on any atom is 0.120 e. The summed E-state index contributed by atoms with van der Waals surface area (Å²) in [5, 5.41) is 10.6. The Kier molecular flexibility index (Phi) is 5.46. The minimum absolute atomic E-state index is 0.119. The molecule has 0 spiro atoms. The second-order valence-corrected chi connectivity index (χ2v) is 6.89. The van der Waals surface area contributed by atoms with E-state index in [9.17, 15) is 5.11 Å². The number of halogens is 2. The normalized spacial score (nSPS) is 12.5. The van der Waals surface area contributed by atoms with Gasteiger partial charge in [0.25, 0.3) is 0 Å². The lowest BCUT2D eigenvalue weighted by atomic mass is 10.0. The Morgan fingerprint density at radius 1 is 1.15 bits per heavy atom. The van der Waals surface area contributed by atoms with Crippen molar-refractivity contribution in [2.45, 2.75) is 26.1 Å². The zero-order chi connectivity index (χ0) is 14.7. The fourth-order valence-corrected chi connectivity index (χ4v) is 2.94. The molecule has 0 aliphatic heterocycles. The highest BCUT2D eigenvalue weighted by Gasteiger charge is 2.15. The Balaban J connectivity index is 2.33. The average Bonchev–Trinajstić information content (AvgIpc) is 2.40. The summed E-state index contributed by atoms with van der Waals surface area (Å²) in [7, 11) is 0. The summed E-state index contributed by atoms with van der Waals surface area (Å²) in [4.78, 5) is 0. The number of ether oxygens (including phenoxy) is 1. The fourth-order valence-electron chi connectivity index (χ4n) is 1.93. The first kappa shape index (κ1) is 15.8. The Morgan fingerprint density at radius 3 is 2.60 bits per heavy atom. The minimum Gasteiger partial charge on any atom is -0.491 e. The smallest absolute Gasteiger partial charge is 0.120 e. The van der Waals surface area contributed by atoms with Gasteiger partial charge in [-0.3, -0.25) is 0 Å². The van der Waals surface area contributed by atoms with Crippen LogP contribution < -0.4 is 4.74 Å². The summed E-state index contributed by atoms with van der Waals surface area (Å²) in [6.45, 7) is 3.97. The van der Waals surface area contributed by atoms with Gasteiger partial charge in [-0.1, -0.05) is 28.1 Å². The second-order valence-electron chi connectivity index (χ2n) is 4.81. The molecular weight excluding hydrogens is 431 g/mol. The standard InChI is InChI=1S/C16H16BrIO2/c1-10(2)20-13-5-3-4-11(8-13)16(19)14-9-12(17)6-7-15(14)18/h3-10,16,19H,1-2H3. The van der Waals surface area contributed by atoms with Crippen molar-refractivity contribution < 1.29 is 9.84 Å². The number of hydrogen-bond donors (Lipinski definition) is 1. The van der Waals surface area contributed by atoms with Gasteiger partial charge in [-0.2, -0.15) is 0 Å². The van der Waals surface area contributed by atoms with Crippen molar-refractivity contribution in [1.82, 2.24) is 0 Å². The lowest BCUT2D eigenvalue weighted by Crippen LogP contribution is -2.07. The van der Waals surface area contributed by atoms with Crippen molar-refractivity contribution in [2.75, 3.05) is 0 Å². The van der Waals surface area contributed by atoms with E-state index in [-0.39, 0.29) is 6.10 Å². The Hall–Kier alpha value is -0.590. The monoisotopic (exact) mass is 446 g/mol. The summed E-state index contributed by atoms with van der Waals surface area (Å²) in [6, 6.07) is 13.5. The molecule has 20 heavy (non-hydrogen) atoms. The van der Waals surface area contributed by atoms with Crippen LogP contribution >= 0.6 is 38.5 Å². The highest BCUT2D eigenvalue weighted by atomic mass is 127. The summed E-state index contributed by atoms with van der Waals surface area (Å²) >= 11 is 5.68. The average molecular weight is 447 g/mol. The first-order valence-corrected chi connectivity index (χ1v) is 8.24. The van der Waals surface area contributed by atoms with E-state index in [1.165, 1.54) is 0 Å². The van der Waals surface area contributed by atoms with E-state index in [4.69, 9.17) is 4.74 Å². The zero-order valence-electron chi connectivity index (χ0n) is 11.3. The van der Waals surface area contributed by atoms with Gasteiger partial charge in [0, 0.05) is 8.04 Å². The molecule has 106 valence electrons. The largest absolute Gasteiger partial charge is 0.491 e. The van der Waals surface area contributed by atoms with Crippen LogP contribution in [-0.4, -0.2) is 11.2 Å². The van der Waals surface area contributed by atoms with Gasteiger partial charge >= 0.3 is 0 Å². The van der Waals surface area contributed by atoms with Gasteiger partial charge in [0.05, 0.1) is 6.10 Å². The molecule has 4 heteroatoms. The Bertz CT molecular complexity index is 599. The van der Waals surface area contributed by atoms with Gasteiger partial charge in [-0.25, -0.2) is 0 Å². The molecule has 1 atom stereocenters. The summed E-state index contributed by atoms with van der Waals surface area (Å²) < 4.78 is 7.67. The summed E-state index contributed by atoms with van der Waals surface area (Å²) in [5.41, 5.74) is 1.72. The van der Waals surface area contributed by atoms with Gasteiger partial charge in [-0.15, -0.1) is 0 Å². The van der Waals surface area contributed by atoms with E-state index >= 15 is 0 Å². The number of hydrogen-bond acceptors (Lipinski definition) is 2. The SMILES string of the molecule is CC(C)Oc1cccc(C(O)c2cc(Br)ccc2I)c1. The quantitative estimate of drug-likeness (QED) is 0.675. The van der Waals surface area contributed by atoms with Crippen molar-refractivity contribution in [3.8, 4) is 5.75 Å². The van der Waals surface area contributed by atoms with Crippen LogP contribution in [0.4, 0.5) is 0 Å². The molecule has 2 aromatic rings. The molecular formula is C16H16BrIO2. The molecule has 2 nitrogen and oxygen atoms in total. The van der Waals surface area contributed by atoms with Crippen LogP contribution in [0.1, 0.15) is 31.1 Å². The molecule has 2 rings (SSSR count). The predicted molar refractivity (Wildman–Crippen MR) is 93.1 cm³/mol. The molecule has 0 aliphatic carbocycles. The molecule has 0 fully saturated rings. The third-order valence-corrected chi connectivity index (χ3v) is 4.27. The highest BCUT2D eigenvalue weighted by molar-refractivity contribution is 14.1. The molecule has 1 unspecified atom stereocenters. The first-order valence-electron chi connectivity index (χ1n) is 6.37. The molecule has 0 aliphatic rings. The van der Waals surface area contributed by atoms with Gasteiger partial charge in [-0.05, 0) is 77.9 Å². The first-order chi connectivity index (χ1) is 9.47. The van der Waals surface area contributed by atoms with Crippen LogP contribution in [0.3, 0.4) is 0 Å². The molecule has 0 radical (unpaired) electrons. The molecule has 0 bridgehead atoms. The maximum absolute atomic E-state index is 10.6. The van der Waals surface area contributed by atoms with E-state index in [1.54, 1.807) is 0 Å². The molecule has 1 N–H and O–H groups in total. The van der Waals surface area contributed by atoms with Gasteiger partial charge in [0.2, 0.25) is 0 Å². The number of benzene rings is 2. The number of rotatable bonds is 4. The zero-order valence-corrected chi connectivity index (χ0v) is 15.1. The molecule has 2 aromatic carbocycles. The van der Waals surface area contributed by atoms with Gasteiger partial charge in [0.1, 0.15) is 11.9 Å². The van der Waals surface area contributed by atoms with Crippen LogP contribution in [0.5, 0.6) is 5.75 Å². The van der Waals surface area contributed by atoms with E-state index in [2.05, 4.69) is 38.5 Å². The Morgan fingerprint density at radius 2 is 1.90 bits per heavy atom. The second kappa shape index (κ2) is 6.91. The van der Waals surface area contributed by atoms with Crippen LogP contribution in [0.25, 0.3) is 0 Å². The van der Waals surface area contributed by atoms with E-state index in [1.807, 2.05) is 56.3 Å². The van der Waals surface area contributed by atoms with Gasteiger partial charge < -0.3 is 9.84 Å². The summed E-state index contributed by atoms with van der Waals surface area (Å²) in [5.74, 6) is 0.779. The van der Waals surface area contributed by atoms with Crippen molar-refractivity contribution >= 4 is 38.5 Å². The van der Waals surface area contributed by atoms with Crippen LogP contribution in [0.15, 0.2) is 46.9 Å². The topological polar surface area (TPSA) is 29.5 Å². The third kappa shape index (κ3) is 3.96. The van der Waals surface area contributed by atoms with Gasteiger partial charge in [0.15, 0.2) is 0 Å². The lowest BCUT2D eigenvalue weighted by Gasteiger charge is -2.16. The van der Waals surface area contributed by atoms with E-state index in [0.717, 1.165) is 24.9 Å². The van der Waals surface area contributed by atoms with E-state index in [0.29, 0.717) is 0 Å². The third-order valence-electron chi connectivity index (χ3n) is 2.80. The molecule has 0 saturated carbocycles. The summed E-state index contributed by atoms with van der Waals surface area (Å²) in [6.07, 6.45) is -0.538. The van der Waals surface area contributed by atoms with Crippen molar-refractivity contribution in [2.24, 2.45) is 0 Å². The predicted octanol–water partition coefficient (Wildman–Crippen LogP) is 4.92. The van der Waals surface area contributed by atoms with Crippen LogP contribution in [-0.2, 0) is 0 Å². The Labute approximate surface area is 141 Å².